The summed E-state index contributed by atoms with van der Waals surface area (Å²) in [7, 11) is 1.63. The van der Waals surface area contributed by atoms with Crippen LogP contribution in [0.2, 0.25) is 5.02 Å². The number of ether oxygens (including phenoxy) is 1. The van der Waals surface area contributed by atoms with Crippen molar-refractivity contribution in [2.75, 3.05) is 12.4 Å². The maximum Gasteiger partial charge on any atom is 0.158 e. The van der Waals surface area contributed by atoms with E-state index in [9.17, 15) is 0 Å². The van der Waals surface area contributed by atoms with Gasteiger partial charge in [0, 0.05) is 10.6 Å². The van der Waals surface area contributed by atoms with Crippen LogP contribution in [-0.4, -0.2) is 17.1 Å². The van der Waals surface area contributed by atoms with Gasteiger partial charge in [0.2, 0.25) is 0 Å². The Bertz CT molecular complexity index is 906. The Kier molecular flexibility index (Phi) is 5.12. The van der Waals surface area contributed by atoms with E-state index in [-0.39, 0.29) is 11.7 Å². The van der Waals surface area contributed by atoms with E-state index in [0.717, 1.165) is 16.9 Å². The van der Waals surface area contributed by atoms with Gasteiger partial charge >= 0.3 is 0 Å². The molecule has 0 bridgehead atoms. The first kappa shape index (κ1) is 16.7. The van der Waals surface area contributed by atoms with E-state index in [1.165, 1.54) is 12.4 Å². The van der Waals surface area contributed by atoms with Crippen molar-refractivity contribution >= 4 is 17.4 Å². The normalized spacial score (nSPS) is 11.4. The van der Waals surface area contributed by atoms with Crippen molar-refractivity contribution in [1.82, 2.24) is 9.97 Å². The summed E-state index contributed by atoms with van der Waals surface area (Å²) in [6.45, 7) is 0. The summed E-state index contributed by atoms with van der Waals surface area (Å²) in [4.78, 5) is 8.30. The number of nitrogens with zero attached hydrogens (tertiary/aromatic N) is 3. The molecule has 5 nitrogen and oxygen atoms in total. The highest BCUT2D eigenvalue weighted by molar-refractivity contribution is 6.31. The molecule has 0 aliphatic rings. The second kappa shape index (κ2) is 7.65. The molecule has 0 spiro atoms. The van der Waals surface area contributed by atoms with Crippen molar-refractivity contribution in [1.29, 1.82) is 5.26 Å². The molecule has 0 saturated heterocycles. The van der Waals surface area contributed by atoms with Crippen molar-refractivity contribution in [3.8, 4) is 11.8 Å². The van der Waals surface area contributed by atoms with Crippen LogP contribution < -0.4 is 10.1 Å². The molecule has 1 N–H and O–H groups in total. The van der Waals surface area contributed by atoms with Crippen molar-refractivity contribution in [3.05, 3.63) is 82.8 Å². The zero-order chi connectivity index (χ0) is 17.6. The van der Waals surface area contributed by atoms with E-state index < -0.39 is 0 Å². The van der Waals surface area contributed by atoms with Gasteiger partial charge in [-0.25, -0.2) is 9.97 Å². The van der Waals surface area contributed by atoms with Crippen LogP contribution in [0.4, 0.5) is 5.82 Å². The van der Waals surface area contributed by atoms with Crippen LogP contribution in [0.1, 0.15) is 22.9 Å². The minimum atomic E-state index is -0.285. The number of nitriles is 1. The monoisotopic (exact) mass is 350 g/mol. The fraction of sp³-hybridized carbons (Fsp3) is 0.105. The first-order valence-corrected chi connectivity index (χ1v) is 7.96. The smallest absolute Gasteiger partial charge is 0.158 e. The number of para-hydroxylation sites is 1. The molecule has 0 saturated carbocycles. The van der Waals surface area contributed by atoms with Gasteiger partial charge in [-0.3, -0.25) is 0 Å². The molecule has 0 aliphatic carbocycles. The fourth-order valence-electron chi connectivity index (χ4n) is 2.55. The van der Waals surface area contributed by atoms with E-state index >= 15 is 0 Å². The van der Waals surface area contributed by atoms with Crippen LogP contribution in [0.15, 0.2) is 60.9 Å². The number of hydrogen-bond donors (Lipinski definition) is 1. The lowest BCUT2D eigenvalue weighted by molar-refractivity contribution is 0.408. The van der Waals surface area contributed by atoms with E-state index in [4.69, 9.17) is 21.6 Å². The van der Waals surface area contributed by atoms with Gasteiger partial charge < -0.3 is 10.1 Å². The number of nitrogens with one attached hydrogen (secondary N) is 1. The molecule has 3 aromatic rings. The first-order chi connectivity index (χ1) is 12.2. The number of methoxy groups -OCH3 is 1. The summed E-state index contributed by atoms with van der Waals surface area (Å²) in [6, 6.07) is 17.0. The second-order valence-electron chi connectivity index (χ2n) is 5.24. The van der Waals surface area contributed by atoms with Crippen LogP contribution >= 0.6 is 11.6 Å². The summed E-state index contributed by atoms with van der Waals surface area (Å²) >= 11 is 6.42. The van der Waals surface area contributed by atoms with Gasteiger partial charge in [0.1, 0.15) is 17.6 Å². The third-order valence-electron chi connectivity index (χ3n) is 3.72. The van der Waals surface area contributed by atoms with Gasteiger partial charge in [0.25, 0.3) is 0 Å². The van der Waals surface area contributed by atoms with Crippen molar-refractivity contribution < 1.29 is 4.74 Å². The summed E-state index contributed by atoms with van der Waals surface area (Å²) in [5.41, 5.74) is 2.07. The highest BCUT2D eigenvalue weighted by Crippen LogP contribution is 2.35. The molecule has 2 aromatic carbocycles. The number of aromatic nitrogens is 2. The molecular formula is C19H15ClN4O. The highest BCUT2D eigenvalue weighted by Gasteiger charge is 2.21. The molecule has 0 aliphatic heterocycles. The SMILES string of the molecule is COc1ccccc1C(Nc1cnc(C#N)cn1)c1ccccc1Cl. The fourth-order valence-corrected chi connectivity index (χ4v) is 2.79. The Hall–Kier alpha value is -3.10. The summed E-state index contributed by atoms with van der Waals surface area (Å²) in [5, 5.41) is 12.8. The van der Waals surface area contributed by atoms with Gasteiger partial charge in [-0.15, -0.1) is 0 Å². The topological polar surface area (TPSA) is 70.8 Å². The number of hydrogen-bond acceptors (Lipinski definition) is 5. The molecule has 1 unspecified atom stereocenters. The molecular weight excluding hydrogens is 336 g/mol. The lowest BCUT2D eigenvalue weighted by atomic mass is 9.97. The molecule has 25 heavy (non-hydrogen) atoms. The van der Waals surface area contributed by atoms with E-state index in [0.29, 0.717) is 10.8 Å². The molecule has 1 atom stereocenters. The largest absolute Gasteiger partial charge is 0.496 e. The van der Waals surface area contributed by atoms with Crippen LogP contribution in [0.5, 0.6) is 5.75 Å². The van der Waals surface area contributed by atoms with E-state index in [1.54, 1.807) is 7.11 Å². The summed E-state index contributed by atoms with van der Waals surface area (Å²) < 4.78 is 5.50. The van der Waals surface area contributed by atoms with Gasteiger partial charge in [-0.05, 0) is 17.7 Å². The molecule has 1 heterocycles. The van der Waals surface area contributed by atoms with Gasteiger partial charge in [-0.1, -0.05) is 48.0 Å². The Balaban J connectivity index is 2.06. The predicted octanol–water partition coefficient (Wildman–Crippen LogP) is 4.21. The number of rotatable bonds is 5. The third kappa shape index (κ3) is 3.70. The minimum absolute atomic E-state index is 0.261. The first-order valence-electron chi connectivity index (χ1n) is 7.59. The Morgan fingerprint density at radius 2 is 1.76 bits per heavy atom. The van der Waals surface area contributed by atoms with Crippen LogP contribution in [-0.2, 0) is 0 Å². The van der Waals surface area contributed by atoms with Crippen molar-refractivity contribution in [2.24, 2.45) is 0 Å². The molecule has 124 valence electrons. The van der Waals surface area contributed by atoms with Crippen LogP contribution in [0.25, 0.3) is 0 Å². The predicted molar refractivity (Wildman–Crippen MR) is 96.7 cm³/mol. The van der Waals surface area contributed by atoms with Gasteiger partial charge in [0.05, 0.1) is 25.5 Å². The lowest BCUT2D eigenvalue weighted by Gasteiger charge is -2.23. The molecule has 0 radical (unpaired) electrons. The minimum Gasteiger partial charge on any atom is -0.496 e. The quantitative estimate of drug-likeness (QED) is 0.746. The molecule has 0 amide bonds. The number of halogens is 1. The molecule has 1 aromatic heterocycles. The Labute approximate surface area is 150 Å². The van der Waals surface area contributed by atoms with Crippen LogP contribution in [0.3, 0.4) is 0 Å². The molecule has 6 heteroatoms. The number of benzene rings is 2. The zero-order valence-corrected chi connectivity index (χ0v) is 14.2. The third-order valence-corrected chi connectivity index (χ3v) is 4.07. The van der Waals surface area contributed by atoms with E-state index in [2.05, 4.69) is 15.3 Å². The molecule has 3 rings (SSSR count). The maximum atomic E-state index is 8.86. The second-order valence-corrected chi connectivity index (χ2v) is 5.65. The van der Waals surface area contributed by atoms with Crippen LogP contribution in [0, 0.1) is 11.3 Å². The van der Waals surface area contributed by atoms with Crippen molar-refractivity contribution in [2.45, 2.75) is 6.04 Å². The Morgan fingerprint density at radius 1 is 1.04 bits per heavy atom. The standard InChI is InChI=1S/C19H15ClN4O/c1-25-17-9-5-3-7-15(17)19(14-6-2-4-8-16(14)20)24-18-12-22-13(10-21)11-23-18/h2-9,11-12,19H,1H3,(H,23,24). The highest BCUT2D eigenvalue weighted by atomic mass is 35.5. The zero-order valence-electron chi connectivity index (χ0n) is 13.5. The molecule has 0 fully saturated rings. The summed E-state index contributed by atoms with van der Waals surface area (Å²) in [6.07, 6.45) is 2.95. The van der Waals surface area contributed by atoms with Crippen molar-refractivity contribution in [3.63, 3.8) is 0 Å². The van der Waals surface area contributed by atoms with Gasteiger partial charge in [0.15, 0.2) is 5.69 Å². The number of anilines is 1. The average Bonchev–Trinajstić information content (AvgIpc) is 2.67. The average molecular weight is 351 g/mol. The summed E-state index contributed by atoms with van der Waals surface area (Å²) in [5.74, 6) is 1.27. The maximum absolute atomic E-state index is 8.86. The van der Waals surface area contributed by atoms with Gasteiger partial charge in [-0.2, -0.15) is 5.26 Å². The lowest BCUT2D eigenvalue weighted by Crippen LogP contribution is -2.15. The van der Waals surface area contributed by atoms with E-state index in [1.807, 2.05) is 54.6 Å². The Morgan fingerprint density at radius 3 is 2.40 bits per heavy atom.